The molecule has 1 heterocycles. The van der Waals surface area contributed by atoms with Gasteiger partial charge in [0, 0.05) is 25.9 Å². The van der Waals surface area contributed by atoms with Gasteiger partial charge in [-0.25, -0.2) is 9.78 Å². The average Bonchev–Trinajstić information content (AvgIpc) is 3.12. The van der Waals surface area contributed by atoms with Crippen LogP contribution in [0.25, 0.3) is 0 Å². The number of rotatable bonds is 7. The maximum Gasteiger partial charge on any atom is 0.335 e. The highest BCUT2D eigenvalue weighted by Crippen LogP contribution is 2.38. The van der Waals surface area contributed by atoms with Crippen LogP contribution in [0.2, 0.25) is 0 Å². The van der Waals surface area contributed by atoms with Crippen LogP contribution in [0.1, 0.15) is 37.6 Å². The molecule has 6 heteroatoms. The first kappa shape index (κ1) is 16.9. The van der Waals surface area contributed by atoms with Crippen LogP contribution >= 0.6 is 11.9 Å². The van der Waals surface area contributed by atoms with E-state index in [1.54, 1.807) is 24.1 Å². The van der Waals surface area contributed by atoms with Gasteiger partial charge in [-0.1, -0.05) is 20.8 Å². The first-order valence-electron chi connectivity index (χ1n) is 7.65. The SMILES string of the molecule is CC(C)SN(C)c1cc(C(=O)O)cc(N(C)C[C@H]2C[C@@H]2C)n1. The van der Waals surface area contributed by atoms with Gasteiger partial charge in [0.1, 0.15) is 11.6 Å². The Labute approximate surface area is 136 Å². The summed E-state index contributed by atoms with van der Waals surface area (Å²) in [7, 11) is 3.91. The molecule has 1 saturated carbocycles. The van der Waals surface area contributed by atoms with Crippen molar-refractivity contribution in [3.05, 3.63) is 17.7 Å². The van der Waals surface area contributed by atoms with Gasteiger partial charge >= 0.3 is 5.97 Å². The summed E-state index contributed by atoms with van der Waals surface area (Å²) in [6, 6.07) is 3.29. The molecule has 122 valence electrons. The Hall–Kier alpha value is -1.43. The largest absolute Gasteiger partial charge is 0.478 e. The van der Waals surface area contributed by atoms with Crippen molar-refractivity contribution >= 4 is 29.6 Å². The Morgan fingerprint density at radius 3 is 2.50 bits per heavy atom. The van der Waals surface area contributed by atoms with E-state index in [-0.39, 0.29) is 5.56 Å². The Kier molecular flexibility index (Phi) is 5.21. The van der Waals surface area contributed by atoms with Crippen molar-refractivity contribution in [3.63, 3.8) is 0 Å². The fourth-order valence-electron chi connectivity index (χ4n) is 2.45. The lowest BCUT2D eigenvalue weighted by molar-refractivity contribution is 0.0697. The number of carboxylic acid groups (broad SMARTS) is 1. The molecule has 0 saturated heterocycles. The summed E-state index contributed by atoms with van der Waals surface area (Å²) in [4.78, 5) is 18.1. The number of hydrogen-bond donors (Lipinski definition) is 1. The van der Waals surface area contributed by atoms with E-state index in [4.69, 9.17) is 0 Å². The molecule has 1 aliphatic rings. The molecular weight excluding hydrogens is 298 g/mol. The molecule has 5 nitrogen and oxygen atoms in total. The van der Waals surface area contributed by atoms with Crippen molar-refractivity contribution in [2.24, 2.45) is 11.8 Å². The summed E-state index contributed by atoms with van der Waals surface area (Å²) < 4.78 is 1.94. The smallest absolute Gasteiger partial charge is 0.335 e. The number of hydrogen-bond acceptors (Lipinski definition) is 5. The lowest BCUT2D eigenvalue weighted by atomic mass is 10.2. The van der Waals surface area contributed by atoms with E-state index in [9.17, 15) is 9.90 Å². The average molecular weight is 323 g/mol. The predicted molar refractivity (Wildman–Crippen MR) is 92.9 cm³/mol. The molecule has 22 heavy (non-hydrogen) atoms. The van der Waals surface area contributed by atoms with Crippen molar-refractivity contribution in [1.82, 2.24) is 4.98 Å². The van der Waals surface area contributed by atoms with Crippen molar-refractivity contribution in [1.29, 1.82) is 0 Å². The van der Waals surface area contributed by atoms with Gasteiger partial charge < -0.3 is 14.3 Å². The number of anilines is 2. The van der Waals surface area contributed by atoms with Gasteiger partial charge in [-0.3, -0.25) is 0 Å². The number of pyridine rings is 1. The third-order valence-electron chi connectivity index (χ3n) is 3.91. The molecule has 1 aromatic heterocycles. The molecule has 1 fully saturated rings. The topological polar surface area (TPSA) is 56.7 Å². The van der Waals surface area contributed by atoms with Crippen LogP contribution in [0.15, 0.2) is 12.1 Å². The van der Waals surface area contributed by atoms with Gasteiger partial charge in [0.15, 0.2) is 0 Å². The van der Waals surface area contributed by atoms with E-state index in [1.807, 2.05) is 18.4 Å². The fourth-order valence-corrected chi connectivity index (χ4v) is 3.29. The van der Waals surface area contributed by atoms with Gasteiger partial charge in [-0.15, -0.1) is 0 Å². The van der Waals surface area contributed by atoms with Crippen LogP contribution in [0.5, 0.6) is 0 Å². The standard InChI is InChI=1S/C16H25N3O2S/c1-10(2)22-19(5)15-8-12(16(20)21)7-14(17-15)18(4)9-13-6-11(13)3/h7-8,10-11,13H,6,9H2,1-5H3,(H,20,21)/t11-,13+/m0/s1. The van der Waals surface area contributed by atoms with Gasteiger partial charge in [-0.05, 0) is 42.3 Å². The number of aromatic carboxylic acids is 1. The molecule has 0 bridgehead atoms. The van der Waals surface area contributed by atoms with E-state index in [0.717, 1.165) is 18.3 Å². The molecule has 0 amide bonds. The monoisotopic (exact) mass is 323 g/mol. The highest BCUT2D eigenvalue weighted by molar-refractivity contribution is 8.01. The minimum atomic E-state index is -0.916. The zero-order chi connectivity index (χ0) is 16.4. The lowest BCUT2D eigenvalue weighted by Gasteiger charge is -2.23. The number of nitrogens with zero attached hydrogens (tertiary/aromatic N) is 3. The molecule has 2 rings (SSSR count). The minimum Gasteiger partial charge on any atom is -0.478 e. The van der Waals surface area contributed by atoms with Crippen LogP contribution in [-0.2, 0) is 0 Å². The second kappa shape index (κ2) is 6.77. The normalized spacial score (nSPS) is 20.1. The number of carboxylic acids is 1. The van der Waals surface area contributed by atoms with E-state index >= 15 is 0 Å². The molecule has 0 spiro atoms. The molecule has 1 N–H and O–H groups in total. The Balaban J connectivity index is 2.24. The van der Waals surface area contributed by atoms with E-state index < -0.39 is 5.97 Å². The summed E-state index contributed by atoms with van der Waals surface area (Å²) in [5, 5.41) is 9.75. The van der Waals surface area contributed by atoms with Crippen molar-refractivity contribution in [2.75, 3.05) is 29.8 Å². The van der Waals surface area contributed by atoms with Crippen LogP contribution < -0.4 is 9.21 Å². The highest BCUT2D eigenvalue weighted by atomic mass is 32.2. The van der Waals surface area contributed by atoms with E-state index in [0.29, 0.717) is 17.0 Å². The van der Waals surface area contributed by atoms with Gasteiger partial charge in [0.05, 0.1) is 5.56 Å². The third kappa shape index (κ3) is 4.29. The van der Waals surface area contributed by atoms with Gasteiger partial charge in [0.25, 0.3) is 0 Å². The minimum absolute atomic E-state index is 0.284. The predicted octanol–water partition coefficient (Wildman–Crippen LogP) is 3.36. The Morgan fingerprint density at radius 2 is 2.00 bits per heavy atom. The molecule has 1 aromatic rings. The molecule has 0 aromatic carbocycles. The zero-order valence-corrected chi connectivity index (χ0v) is 14.7. The molecule has 0 aliphatic heterocycles. The summed E-state index contributed by atoms with van der Waals surface area (Å²) >= 11 is 1.63. The summed E-state index contributed by atoms with van der Waals surface area (Å²) in [6.45, 7) is 7.38. The van der Waals surface area contributed by atoms with Crippen LogP contribution in [0, 0.1) is 11.8 Å². The first-order valence-corrected chi connectivity index (χ1v) is 8.48. The lowest BCUT2D eigenvalue weighted by Crippen LogP contribution is -2.23. The molecule has 0 radical (unpaired) electrons. The third-order valence-corrected chi connectivity index (χ3v) is 4.84. The fraction of sp³-hybridized carbons (Fsp3) is 0.625. The van der Waals surface area contributed by atoms with Crippen LogP contribution in [0.4, 0.5) is 11.6 Å². The maximum atomic E-state index is 11.4. The van der Waals surface area contributed by atoms with Crippen LogP contribution in [0.3, 0.4) is 0 Å². The quantitative estimate of drug-likeness (QED) is 0.777. The Morgan fingerprint density at radius 1 is 1.41 bits per heavy atom. The molecule has 1 aliphatic carbocycles. The number of aromatic nitrogens is 1. The molecule has 2 atom stereocenters. The molecular formula is C16H25N3O2S. The van der Waals surface area contributed by atoms with E-state index in [2.05, 4.69) is 30.7 Å². The summed E-state index contributed by atoms with van der Waals surface area (Å²) in [5.41, 5.74) is 0.284. The second-order valence-electron chi connectivity index (χ2n) is 6.38. The first-order chi connectivity index (χ1) is 10.3. The van der Waals surface area contributed by atoms with Gasteiger partial charge in [0.2, 0.25) is 0 Å². The second-order valence-corrected chi connectivity index (χ2v) is 8.08. The zero-order valence-electron chi connectivity index (χ0n) is 13.9. The van der Waals surface area contributed by atoms with Crippen molar-refractivity contribution < 1.29 is 9.90 Å². The van der Waals surface area contributed by atoms with Crippen molar-refractivity contribution in [3.8, 4) is 0 Å². The number of carbonyl (C=O) groups is 1. The van der Waals surface area contributed by atoms with E-state index in [1.165, 1.54) is 6.42 Å². The maximum absolute atomic E-state index is 11.4. The summed E-state index contributed by atoms with van der Waals surface area (Å²) in [6.07, 6.45) is 1.25. The van der Waals surface area contributed by atoms with Crippen LogP contribution in [-0.4, -0.2) is 41.9 Å². The van der Waals surface area contributed by atoms with Gasteiger partial charge in [-0.2, -0.15) is 0 Å². The molecule has 0 unspecified atom stereocenters. The van der Waals surface area contributed by atoms with Crippen molar-refractivity contribution in [2.45, 2.75) is 32.4 Å². The summed E-state index contributed by atoms with van der Waals surface area (Å²) in [5.74, 6) is 1.96. The highest BCUT2D eigenvalue weighted by Gasteiger charge is 2.33. The Bertz CT molecular complexity index is 550.